The van der Waals surface area contributed by atoms with Gasteiger partial charge in [-0.05, 0) is 51.4 Å². The molecule has 56 heavy (non-hydrogen) atoms. The van der Waals surface area contributed by atoms with Crippen molar-refractivity contribution >= 4 is 11.9 Å². The minimum atomic E-state index is -0.775. The highest BCUT2D eigenvalue weighted by Gasteiger charge is 2.16. The highest BCUT2D eigenvalue weighted by molar-refractivity contribution is 5.70. The molecule has 1 atom stereocenters. The number of ether oxygens (including phenoxy) is 2. The molecule has 1 unspecified atom stereocenters. The molecule has 0 saturated heterocycles. The van der Waals surface area contributed by atoms with Gasteiger partial charge in [0.05, 0.1) is 6.61 Å². The van der Waals surface area contributed by atoms with Gasteiger partial charge in [0.25, 0.3) is 0 Å². The molecule has 1 N–H and O–H groups in total. The van der Waals surface area contributed by atoms with E-state index in [1.54, 1.807) is 0 Å². The van der Waals surface area contributed by atoms with Crippen molar-refractivity contribution in [1.82, 2.24) is 0 Å². The van der Waals surface area contributed by atoms with Crippen LogP contribution in [-0.2, 0) is 19.1 Å². The van der Waals surface area contributed by atoms with E-state index in [0.717, 1.165) is 70.6 Å². The Balaban J connectivity index is 3.50. The van der Waals surface area contributed by atoms with Gasteiger partial charge in [-0.1, -0.05) is 229 Å². The zero-order valence-electron chi connectivity index (χ0n) is 37.1. The molecule has 0 aromatic rings. The number of rotatable bonds is 44. The van der Waals surface area contributed by atoms with Crippen molar-refractivity contribution in [2.75, 3.05) is 13.2 Å². The summed E-state index contributed by atoms with van der Waals surface area (Å²) >= 11 is 0. The van der Waals surface area contributed by atoms with Gasteiger partial charge in [0.15, 0.2) is 6.10 Å². The van der Waals surface area contributed by atoms with Crippen LogP contribution in [0.2, 0.25) is 0 Å². The first kappa shape index (κ1) is 53.9. The lowest BCUT2D eigenvalue weighted by Crippen LogP contribution is -2.28. The van der Waals surface area contributed by atoms with Gasteiger partial charge in [0.2, 0.25) is 0 Å². The molecule has 5 heteroatoms. The van der Waals surface area contributed by atoms with Gasteiger partial charge in [-0.25, -0.2) is 0 Å². The highest BCUT2D eigenvalue weighted by atomic mass is 16.6. The zero-order chi connectivity index (χ0) is 40.7. The maximum atomic E-state index is 12.2. The van der Waals surface area contributed by atoms with Crippen molar-refractivity contribution in [3.05, 3.63) is 48.6 Å². The largest absolute Gasteiger partial charge is 0.462 e. The molecule has 0 aliphatic heterocycles. The van der Waals surface area contributed by atoms with Crippen molar-refractivity contribution in [1.29, 1.82) is 0 Å². The summed E-state index contributed by atoms with van der Waals surface area (Å²) in [6, 6.07) is 0. The average molecular weight is 785 g/mol. The van der Waals surface area contributed by atoms with Crippen molar-refractivity contribution in [2.45, 2.75) is 251 Å². The van der Waals surface area contributed by atoms with Gasteiger partial charge in [0, 0.05) is 12.8 Å². The minimum absolute atomic E-state index is 0.0669. The Morgan fingerprint density at radius 2 is 0.768 bits per heavy atom. The van der Waals surface area contributed by atoms with E-state index in [1.807, 2.05) is 0 Å². The molecule has 0 spiro atoms. The Hall–Kier alpha value is -2.14. The van der Waals surface area contributed by atoms with Crippen LogP contribution in [0, 0.1) is 0 Å². The summed E-state index contributed by atoms with van der Waals surface area (Å²) in [6.07, 6.45) is 60.5. The molecule has 0 aliphatic rings. The van der Waals surface area contributed by atoms with E-state index in [4.69, 9.17) is 9.47 Å². The fourth-order valence-electron chi connectivity index (χ4n) is 7.02. The number of aliphatic hydroxyl groups is 1. The van der Waals surface area contributed by atoms with E-state index in [-0.39, 0.29) is 25.2 Å². The first-order valence-corrected chi connectivity index (χ1v) is 24.2. The maximum absolute atomic E-state index is 12.2. The molecule has 0 saturated carbocycles. The standard InChI is InChI=1S/C51H92O5/c1-3-5-7-9-11-13-15-17-19-21-23-25-27-29-31-33-35-37-39-41-43-45-50(53)55-48-49(47-52)56-51(54)46-44-42-40-38-36-34-32-30-28-26-24-22-20-18-16-14-12-10-8-6-4-2/h6,8,12,14,18,20,24,26,49,52H,3-5,7,9-11,13,15-17,19,21-23,25,27-48H2,1-2H3/b8-6-,14-12-,20-18-,26-24-. The first-order chi connectivity index (χ1) is 27.6. The Labute approximate surface area is 348 Å². The minimum Gasteiger partial charge on any atom is -0.462 e. The van der Waals surface area contributed by atoms with Crippen molar-refractivity contribution in [3.8, 4) is 0 Å². The van der Waals surface area contributed by atoms with Gasteiger partial charge >= 0.3 is 11.9 Å². The summed E-state index contributed by atoms with van der Waals surface area (Å²) in [6.45, 7) is 4.05. The number of carbonyl (C=O) groups is 2. The summed E-state index contributed by atoms with van der Waals surface area (Å²) in [5.74, 6) is -0.590. The molecule has 0 amide bonds. The van der Waals surface area contributed by atoms with Crippen molar-refractivity contribution < 1.29 is 24.2 Å². The van der Waals surface area contributed by atoms with E-state index in [2.05, 4.69) is 62.5 Å². The molecule has 0 radical (unpaired) electrons. The first-order valence-electron chi connectivity index (χ1n) is 24.2. The molecule has 0 heterocycles. The molecule has 0 aromatic carbocycles. The monoisotopic (exact) mass is 785 g/mol. The molecular formula is C51H92O5. The lowest BCUT2D eigenvalue weighted by atomic mass is 10.0. The number of carbonyl (C=O) groups excluding carboxylic acids is 2. The fraction of sp³-hybridized carbons (Fsp3) is 0.804. The molecular weight excluding hydrogens is 693 g/mol. The summed E-state index contributed by atoms with van der Waals surface area (Å²) in [7, 11) is 0. The van der Waals surface area contributed by atoms with Crippen molar-refractivity contribution in [3.63, 3.8) is 0 Å². The van der Waals surface area contributed by atoms with E-state index >= 15 is 0 Å². The third kappa shape index (κ3) is 44.6. The van der Waals surface area contributed by atoms with Crippen LogP contribution in [0.15, 0.2) is 48.6 Å². The van der Waals surface area contributed by atoms with E-state index in [1.165, 1.54) is 148 Å². The molecule has 0 fully saturated rings. The molecule has 0 aromatic heterocycles. The molecule has 5 nitrogen and oxygen atoms in total. The summed E-state index contributed by atoms with van der Waals surface area (Å²) < 4.78 is 10.7. The molecule has 0 rings (SSSR count). The van der Waals surface area contributed by atoms with Gasteiger partial charge in [-0.3, -0.25) is 9.59 Å². The van der Waals surface area contributed by atoms with Crippen molar-refractivity contribution in [2.24, 2.45) is 0 Å². The van der Waals surface area contributed by atoms with E-state index in [0.29, 0.717) is 12.8 Å². The van der Waals surface area contributed by atoms with Gasteiger partial charge in [-0.15, -0.1) is 0 Å². The average Bonchev–Trinajstić information content (AvgIpc) is 3.20. The topological polar surface area (TPSA) is 72.8 Å². The normalized spacial score (nSPS) is 12.6. The van der Waals surface area contributed by atoms with Crippen LogP contribution < -0.4 is 0 Å². The van der Waals surface area contributed by atoms with Crippen LogP contribution in [-0.4, -0.2) is 36.4 Å². The predicted octanol–water partition coefficient (Wildman–Crippen LogP) is 15.7. The Morgan fingerprint density at radius 1 is 0.429 bits per heavy atom. The van der Waals surface area contributed by atoms with E-state index in [9.17, 15) is 14.7 Å². The Bertz CT molecular complexity index is 935. The third-order valence-corrected chi connectivity index (χ3v) is 10.6. The number of hydrogen-bond donors (Lipinski definition) is 1. The van der Waals surface area contributed by atoms with Crippen LogP contribution in [0.25, 0.3) is 0 Å². The SMILES string of the molecule is CC/C=C\C/C=C\C/C=C\C/C=C\CCCCCCCCCCC(=O)OC(CO)COC(=O)CCCCCCCCCCCCCCCCCCCCCCC. The van der Waals surface area contributed by atoms with Gasteiger partial charge in [-0.2, -0.15) is 0 Å². The second kappa shape index (κ2) is 47.2. The van der Waals surface area contributed by atoms with E-state index < -0.39 is 6.10 Å². The highest BCUT2D eigenvalue weighted by Crippen LogP contribution is 2.16. The maximum Gasteiger partial charge on any atom is 0.306 e. The summed E-state index contributed by atoms with van der Waals surface area (Å²) in [5, 5.41) is 9.61. The predicted molar refractivity (Wildman–Crippen MR) is 242 cm³/mol. The van der Waals surface area contributed by atoms with Crippen LogP contribution in [0.3, 0.4) is 0 Å². The smallest absolute Gasteiger partial charge is 0.306 e. The second-order valence-corrected chi connectivity index (χ2v) is 16.2. The van der Waals surface area contributed by atoms with Gasteiger partial charge < -0.3 is 14.6 Å². The second-order valence-electron chi connectivity index (χ2n) is 16.2. The summed E-state index contributed by atoms with van der Waals surface area (Å²) in [4.78, 5) is 24.4. The number of allylic oxidation sites excluding steroid dienone is 8. The fourth-order valence-corrected chi connectivity index (χ4v) is 7.02. The molecule has 0 aliphatic carbocycles. The number of aliphatic hydroxyl groups excluding tert-OH is 1. The quantitative estimate of drug-likeness (QED) is 0.0378. The lowest BCUT2D eigenvalue weighted by molar-refractivity contribution is -0.161. The number of esters is 2. The van der Waals surface area contributed by atoms with Crippen LogP contribution in [0.5, 0.6) is 0 Å². The van der Waals surface area contributed by atoms with Crippen LogP contribution in [0.4, 0.5) is 0 Å². The molecule has 0 bridgehead atoms. The molecule has 326 valence electrons. The lowest BCUT2D eigenvalue weighted by Gasteiger charge is -2.15. The third-order valence-electron chi connectivity index (χ3n) is 10.6. The van der Waals surface area contributed by atoms with Crippen LogP contribution in [0.1, 0.15) is 245 Å². The van der Waals surface area contributed by atoms with Crippen LogP contribution >= 0.6 is 0 Å². The zero-order valence-corrected chi connectivity index (χ0v) is 37.1. The number of hydrogen-bond acceptors (Lipinski definition) is 5. The summed E-state index contributed by atoms with van der Waals surface area (Å²) in [5.41, 5.74) is 0. The number of unbranched alkanes of at least 4 members (excludes halogenated alkanes) is 28. The van der Waals surface area contributed by atoms with Gasteiger partial charge in [0.1, 0.15) is 6.61 Å². The Morgan fingerprint density at radius 3 is 1.16 bits per heavy atom. The Kier molecular flexibility index (Phi) is 45.4.